The van der Waals surface area contributed by atoms with Gasteiger partial charge in [-0.1, -0.05) is 0 Å². The van der Waals surface area contributed by atoms with Crippen LogP contribution in [0.3, 0.4) is 0 Å². The predicted octanol–water partition coefficient (Wildman–Crippen LogP) is 5.89. The molecule has 3 aromatic heterocycles. The molecule has 3 heterocycles. The van der Waals surface area contributed by atoms with E-state index in [-0.39, 0.29) is 34.7 Å². The highest BCUT2D eigenvalue weighted by Gasteiger charge is 2.27. The molecule has 4 N–H and O–H groups in total. The van der Waals surface area contributed by atoms with E-state index in [0.29, 0.717) is 16.8 Å². The van der Waals surface area contributed by atoms with Gasteiger partial charge in [0.1, 0.15) is 23.2 Å². The van der Waals surface area contributed by atoms with Crippen LogP contribution in [0.1, 0.15) is 28.8 Å². The standard InChI is InChI=1S/C33H24F2N6O4/c34-20-1-4-22(5-2-20)41-29(44-23-6-7-23)10-8-25(33(41)43)32(42)39-21-3-9-27(26(35)14-21)45-28-13-18-17-38-40-12-11-24(31(18)40)30(28)19(15-36)16-37/h1-5,8-17,23,36H,6-7,37H2,(H,39,42)/b19-16+,36-15?. The maximum Gasteiger partial charge on any atom is 0.270 e. The molecule has 3 aromatic carbocycles. The number of pyridine rings is 1. The fourth-order valence-electron chi connectivity index (χ4n) is 5.18. The summed E-state index contributed by atoms with van der Waals surface area (Å²) >= 11 is 0. The zero-order valence-electron chi connectivity index (χ0n) is 23.5. The second-order valence-electron chi connectivity index (χ2n) is 10.5. The minimum atomic E-state index is -0.786. The fourth-order valence-corrected chi connectivity index (χ4v) is 5.18. The van der Waals surface area contributed by atoms with Gasteiger partial charge >= 0.3 is 0 Å². The van der Waals surface area contributed by atoms with Crippen molar-refractivity contribution in [1.29, 1.82) is 5.41 Å². The molecule has 1 aliphatic rings. The molecule has 0 aliphatic heterocycles. The SMILES string of the molecule is N=C/C(=C\N)c1c(Oc2ccc(NC(=O)c3ccc(OC4CC4)n(-c4ccc(F)cc4)c3=O)cc2F)cc2cnn3ccc1c23. The number of amides is 1. The molecule has 45 heavy (non-hydrogen) atoms. The van der Waals surface area contributed by atoms with Crippen LogP contribution in [-0.2, 0) is 0 Å². The third kappa shape index (κ3) is 5.01. The lowest BCUT2D eigenvalue weighted by molar-refractivity contribution is 0.102. The van der Waals surface area contributed by atoms with E-state index >= 15 is 4.39 Å². The van der Waals surface area contributed by atoms with Gasteiger partial charge < -0.3 is 25.9 Å². The molecule has 0 bridgehead atoms. The minimum Gasteiger partial charge on any atom is -0.475 e. The van der Waals surface area contributed by atoms with Crippen LogP contribution in [0, 0.1) is 17.0 Å². The van der Waals surface area contributed by atoms with Gasteiger partial charge in [-0.2, -0.15) is 5.10 Å². The van der Waals surface area contributed by atoms with Crippen molar-refractivity contribution >= 4 is 39.7 Å². The van der Waals surface area contributed by atoms with Crippen molar-refractivity contribution in [3.63, 3.8) is 0 Å². The van der Waals surface area contributed by atoms with Crippen molar-refractivity contribution in [1.82, 2.24) is 14.2 Å². The molecule has 1 aliphatic carbocycles. The zero-order valence-corrected chi connectivity index (χ0v) is 23.5. The summed E-state index contributed by atoms with van der Waals surface area (Å²) in [6.45, 7) is 0. The first-order chi connectivity index (χ1) is 21.8. The van der Waals surface area contributed by atoms with E-state index in [1.54, 1.807) is 23.0 Å². The quantitative estimate of drug-likeness (QED) is 0.176. The number of halogens is 2. The third-order valence-electron chi connectivity index (χ3n) is 7.48. The van der Waals surface area contributed by atoms with Gasteiger partial charge in [-0.3, -0.25) is 9.59 Å². The highest BCUT2D eigenvalue weighted by atomic mass is 19.1. The Balaban J connectivity index is 1.18. The Morgan fingerprint density at radius 3 is 2.56 bits per heavy atom. The number of aromatic nitrogens is 3. The highest BCUT2D eigenvalue weighted by molar-refractivity contribution is 6.17. The summed E-state index contributed by atoms with van der Waals surface area (Å²) in [6, 6.07) is 15.4. The van der Waals surface area contributed by atoms with Crippen LogP contribution in [0.5, 0.6) is 17.4 Å². The third-order valence-corrected chi connectivity index (χ3v) is 7.48. The molecule has 6 aromatic rings. The molecule has 10 nitrogen and oxygen atoms in total. The van der Waals surface area contributed by atoms with Crippen LogP contribution in [0.2, 0.25) is 0 Å². The Bertz CT molecular complexity index is 2200. The average Bonchev–Trinajstić information content (AvgIpc) is 3.60. The summed E-state index contributed by atoms with van der Waals surface area (Å²) in [6.07, 6.45) is 7.43. The first-order valence-electron chi connectivity index (χ1n) is 14.0. The van der Waals surface area contributed by atoms with E-state index in [2.05, 4.69) is 10.4 Å². The zero-order chi connectivity index (χ0) is 31.2. The lowest BCUT2D eigenvalue weighted by atomic mass is 10.0. The number of nitrogens with one attached hydrogen (secondary N) is 2. The van der Waals surface area contributed by atoms with Crippen molar-refractivity contribution in [2.75, 3.05) is 5.32 Å². The summed E-state index contributed by atoms with van der Waals surface area (Å²) < 4.78 is 43.8. The Morgan fingerprint density at radius 2 is 1.84 bits per heavy atom. The normalized spacial score (nSPS) is 13.3. The molecule has 0 spiro atoms. The maximum absolute atomic E-state index is 15.4. The van der Waals surface area contributed by atoms with E-state index in [4.69, 9.17) is 20.6 Å². The minimum absolute atomic E-state index is 0.0338. The molecule has 0 atom stereocenters. The second-order valence-corrected chi connectivity index (χ2v) is 10.5. The second kappa shape index (κ2) is 10.9. The van der Waals surface area contributed by atoms with Gasteiger partial charge in [0.25, 0.3) is 11.5 Å². The molecule has 1 fully saturated rings. The van der Waals surface area contributed by atoms with Gasteiger partial charge in [0.15, 0.2) is 11.6 Å². The topological polar surface area (TPSA) is 137 Å². The average molecular weight is 607 g/mol. The Kier molecular flexibility index (Phi) is 6.73. The molecule has 1 amide bonds. The summed E-state index contributed by atoms with van der Waals surface area (Å²) in [5, 5.41) is 16.2. The van der Waals surface area contributed by atoms with E-state index in [1.807, 2.05) is 6.07 Å². The van der Waals surface area contributed by atoms with Gasteiger partial charge in [-0.25, -0.2) is 17.9 Å². The number of rotatable bonds is 9. The first kappa shape index (κ1) is 27.8. The summed E-state index contributed by atoms with van der Waals surface area (Å²) in [5.41, 5.74) is 6.98. The number of benzene rings is 3. The number of anilines is 1. The van der Waals surface area contributed by atoms with E-state index in [0.717, 1.165) is 41.4 Å². The van der Waals surface area contributed by atoms with Crippen molar-refractivity contribution < 1.29 is 23.0 Å². The summed E-state index contributed by atoms with van der Waals surface area (Å²) in [4.78, 5) is 26.7. The van der Waals surface area contributed by atoms with Crippen LogP contribution in [0.4, 0.5) is 14.5 Å². The molecule has 0 saturated heterocycles. The monoisotopic (exact) mass is 606 g/mol. The lowest BCUT2D eigenvalue weighted by Gasteiger charge is -2.16. The van der Waals surface area contributed by atoms with E-state index in [1.165, 1.54) is 59.3 Å². The summed E-state index contributed by atoms with van der Waals surface area (Å²) in [7, 11) is 0. The molecule has 12 heteroatoms. The van der Waals surface area contributed by atoms with Crippen molar-refractivity contribution in [3.8, 4) is 23.1 Å². The number of carbonyl (C=O) groups is 1. The van der Waals surface area contributed by atoms with Crippen LogP contribution >= 0.6 is 0 Å². The van der Waals surface area contributed by atoms with Crippen LogP contribution in [0.15, 0.2) is 90.1 Å². The molecular formula is C33H24F2N6O4. The van der Waals surface area contributed by atoms with Gasteiger partial charge in [-0.15, -0.1) is 0 Å². The van der Waals surface area contributed by atoms with Crippen LogP contribution in [-0.4, -0.2) is 32.4 Å². The smallest absolute Gasteiger partial charge is 0.270 e. The molecule has 0 unspecified atom stereocenters. The van der Waals surface area contributed by atoms with Crippen LogP contribution < -0.4 is 26.1 Å². The number of ether oxygens (including phenoxy) is 2. The Labute approximate surface area is 253 Å². The Morgan fingerprint density at radius 1 is 1.04 bits per heavy atom. The number of carbonyl (C=O) groups excluding carboxylic acids is 1. The maximum atomic E-state index is 15.4. The van der Waals surface area contributed by atoms with Crippen molar-refractivity contribution in [2.45, 2.75) is 18.9 Å². The number of allylic oxidation sites excluding steroid dienone is 1. The predicted molar refractivity (Wildman–Crippen MR) is 165 cm³/mol. The van der Waals surface area contributed by atoms with Gasteiger partial charge in [0.2, 0.25) is 5.88 Å². The number of hydrogen-bond acceptors (Lipinski definition) is 7. The van der Waals surface area contributed by atoms with Gasteiger partial charge in [0.05, 0.1) is 17.4 Å². The molecular weight excluding hydrogens is 582 g/mol. The molecule has 224 valence electrons. The largest absolute Gasteiger partial charge is 0.475 e. The molecule has 1 saturated carbocycles. The fraction of sp³-hybridized carbons (Fsp3) is 0.0909. The lowest BCUT2D eigenvalue weighted by Crippen LogP contribution is -2.29. The van der Waals surface area contributed by atoms with Crippen LogP contribution in [0.25, 0.3) is 27.5 Å². The van der Waals surface area contributed by atoms with Gasteiger partial charge in [0, 0.05) is 52.3 Å². The van der Waals surface area contributed by atoms with E-state index in [9.17, 15) is 14.0 Å². The Hall–Kier alpha value is -6.04. The van der Waals surface area contributed by atoms with E-state index < -0.39 is 23.1 Å². The molecule has 7 rings (SSSR count). The highest BCUT2D eigenvalue weighted by Crippen LogP contribution is 2.40. The number of hydrogen-bond donors (Lipinski definition) is 3. The number of nitrogens with two attached hydrogens (primary N) is 1. The molecule has 0 radical (unpaired) electrons. The first-order valence-corrected chi connectivity index (χ1v) is 14.0. The summed E-state index contributed by atoms with van der Waals surface area (Å²) in [5.74, 6) is -1.69. The van der Waals surface area contributed by atoms with Crippen molar-refractivity contribution in [2.24, 2.45) is 5.73 Å². The van der Waals surface area contributed by atoms with Crippen molar-refractivity contribution in [3.05, 3.63) is 118 Å². The van der Waals surface area contributed by atoms with Gasteiger partial charge in [-0.05, 0) is 73.5 Å². The number of nitrogens with zero attached hydrogens (tertiary/aromatic N) is 3.